The van der Waals surface area contributed by atoms with Gasteiger partial charge in [-0.25, -0.2) is 0 Å². The van der Waals surface area contributed by atoms with Gasteiger partial charge in [0.1, 0.15) is 6.07 Å². The fraction of sp³-hybridized carbons (Fsp3) is 0.462. The van der Waals surface area contributed by atoms with E-state index >= 15 is 0 Å². The minimum absolute atomic E-state index is 0.358. The number of nitrogens with zero attached hydrogens (tertiary/aromatic N) is 3. The molecule has 1 aromatic rings. The van der Waals surface area contributed by atoms with Gasteiger partial charge in [-0.05, 0) is 18.2 Å². The van der Waals surface area contributed by atoms with Gasteiger partial charge in [0.15, 0.2) is 0 Å². The normalized spacial score (nSPS) is 17.1. The topological polar surface area (TPSA) is 30.3 Å². The number of halogens is 4. The molecule has 0 N–H and O–H groups in total. The molecule has 7 heteroatoms. The Hall–Kier alpha value is -1.45. The van der Waals surface area contributed by atoms with Crippen LogP contribution in [0.1, 0.15) is 5.56 Å². The molecule has 3 nitrogen and oxygen atoms in total. The second-order valence-electron chi connectivity index (χ2n) is 4.65. The van der Waals surface area contributed by atoms with Crippen molar-refractivity contribution in [2.75, 3.05) is 37.6 Å². The number of nitriles is 1. The molecule has 0 saturated carbocycles. The molecule has 1 aromatic carbocycles. The van der Waals surface area contributed by atoms with Gasteiger partial charge in [0, 0.05) is 31.9 Å². The largest absolute Gasteiger partial charge is 0.401 e. The van der Waals surface area contributed by atoms with Gasteiger partial charge < -0.3 is 4.90 Å². The predicted molar refractivity (Wildman–Crippen MR) is 70.9 cm³/mol. The molecule has 1 heterocycles. The molecule has 1 aliphatic heterocycles. The Morgan fingerprint density at radius 1 is 1.20 bits per heavy atom. The molecule has 0 aromatic heterocycles. The van der Waals surface area contributed by atoms with Crippen molar-refractivity contribution in [2.45, 2.75) is 6.18 Å². The number of anilines is 1. The van der Waals surface area contributed by atoms with Crippen LogP contribution in [0.4, 0.5) is 18.9 Å². The van der Waals surface area contributed by atoms with Crippen LogP contribution in [-0.2, 0) is 0 Å². The summed E-state index contributed by atoms with van der Waals surface area (Å²) in [5, 5.41) is 9.16. The van der Waals surface area contributed by atoms with E-state index in [-0.39, 0.29) is 0 Å². The lowest BCUT2D eigenvalue weighted by atomic mass is 10.2. The van der Waals surface area contributed by atoms with Crippen molar-refractivity contribution in [3.05, 3.63) is 28.8 Å². The molecule has 0 atom stereocenters. The molecule has 0 bridgehead atoms. The Morgan fingerprint density at radius 2 is 1.85 bits per heavy atom. The summed E-state index contributed by atoms with van der Waals surface area (Å²) in [5.74, 6) is 0. The molecule has 1 saturated heterocycles. The average molecular weight is 304 g/mol. The van der Waals surface area contributed by atoms with Crippen molar-refractivity contribution in [3.63, 3.8) is 0 Å². The highest BCUT2D eigenvalue weighted by molar-refractivity contribution is 6.32. The Labute approximate surface area is 120 Å². The number of piperazine rings is 1. The SMILES string of the molecule is N#Cc1ccc(N2CCN(CC(F)(F)F)CC2)cc1Cl. The summed E-state index contributed by atoms with van der Waals surface area (Å²) in [5.41, 5.74) is 1.23. The molecule has 0 radical (unpaired) electrons. The smallest absolute Gasteiger partial charge is 0.369 e. The second kappa shape index (κ2) is 5.90. The van der Waals surface area contributed by atoms with Crippen molar-refractivity contribution in [1.82, 2.24) is 4.90 Å². The number of hydrogen-bond acceptors (Lipinski definition) is 3. The molecule has 0 aliphatic carbocycles. The van der Waals surface area contributed by atoms with Gasteiger partial charge in [0.2, 0.25) is 0 Å². The summed E-state index contributed by atoms with van der Waals surface area (Å²) in [6, 6.07) is 7.05. The van der Waals surface area contributed by atoms with E-state index in [1.807, 2.05) is 11.0 Å². The van der Waals surface area contributed by atoms with Crippen LogP contribution in [-0.4, -0.2) is 43.8 Å². The third-order valence-electron chi connectivity index (χ3n) is 3.21. The van der Waals surface area contributed by atoms with Gasteiger partial charge in [-0.1, -0.05) is 11.6 Å². The third-order valence-corrected chi connectivity index (χ3v) is 3.53. The van der Waals surface area contributed by atoms with E-state index in [4.69, 9.17) is 16.9 Å². The molecular formula is C13H13ClF3N3. The lowest BCUT2D eigenvalue weighted by Gasteiger charge is -2.36. The summed E-state index contributed by atoms with van der Waals surface area (Å²) in [7, 11) is 0. The molecular weight excluding hydrogens is 291 g/mol. The number of benzene rings is 1. The van der Waals surface area contributed by atoms with Crippen molar-refractivity contribution in [1.29, 1.82) is 5.26 Å². The monoisotopic (exact) mass is 303 g/mol. The van der Waals surface area contributed by atoms with Crippen LogP contribution in [0.15, 0.2) is 18.2 Å². The first-order valence-electron chi connectivity index (χ1n) is 6.13. The molecule has 108 valence electrons. The summed E-state index contributed by atoms with van der Waals surface area (Å²) in [4.78, 5) is 3.36. The van der Waals surface area contributed by atoms with E-state index in [0.29, 0.717) is 36.8 Å². The average Bonchev–Trinajstić information content (AvgIpc) is 2.37. The Morgan fingerprint density at radius 3 is 2.35 bits per heavy atom. The van der Waals surface area contributed by atoms with E-state index in [0.717, 1.165) is 5.69 Å². The molecule has 1 fully saturated rings. The molecule has 0 spiro atoms. The van der Waals surface area contributed by atoms with E-state index in [1.165, 1.54) is 4.90 Å². The van der Waals surface area contributed by atoms with E-state index in [9.17, 15) is 13.2 Å². The highest BCUT2D eigenvalue weighted by Crippen LogP contribution is 2.25. The van der Waals surface area contributed by atoms with Crippen molar-refractivity contribution >= 4 is 17.3 Å². The summed E-state index contributed by atoms with van der Waals surface area (Å²) >= 11 is 5.96. The lowest BCUT2D eigenvalue weighted by Crippen LogP contribution is -2.49. The third kappa shape index (κ3) is 3.78. The van der Waals surface area contributed by atoms with Gasteiger partial charge in [0.05, 0.1) is 17.1 Å². The van der Waals surface area contributed by atoms with Crippen molar-refractivity contribution in [2.24, 2.45) is 0 Å². The highest BCUT2D eigenvalue weighted by Gasteiger charge is 2.32. The van der Waals surface area contributed by atoms with Gasteiger partial charge in [-0.3, -0.25) is 4.90 Å². The van der Waals surface area contributed by atoms with Crippen molar-refractivity contribution in [3.8, 4) is 6.07 Å². The maximum atomic E-state index is 12.3. The molecule has 2 rings (SSSR count). The van der Waals surface area contributed by atoms with Gasteiger partial charge >= 0.3 is 6.18 Å². The van der Waals surface area contributed by atoms with Gasteiger partial charge in [0.25, 0.3) is 0 Å². The van der Waals surface area contributed by atoms with Crippen LogP contribution in [0.5, 0.6) is 0 Å². The molecule has 20 heavy (non-hydrogen) atoms. The van der Waals surface area contributed by atoms with Crippen LogP contribution in [0.3, 0.4) is 0 Å². The number of hydrogen-bond donors (Lipinski definition) is 0. The van der Waals surface area contributed by atoms with Crippen LogP contribution < -0.4 is 4.90 Å². The molecule has 0 unspecified atom stereocenters. The van der Waals surface area contributed by atoms with Crippen LogP contribution in [0, 0.1) is 11.3 Å². The second-order valence-corrected chi connectivity index (χ2v) is 5.06. The fourth-order valence-corrected chi connectivity index (χ4v) is 2.43. The van der Waals surface area contributed by atoms with E-state index in [1.54, 1.807) is 18.2 Å². The Balaban J connectivity index is 1.97. The minimum atomic E-state index is -4.15. The zero-order valence-corrected chi connectivity index (χ0v) is 11.4. The fourth-order valence-electron chi connectivity index (χ4n) is 2.21. The standard InChI is InChI=1S/C13H13ClF3N3/c14-12-7-11(2-1-10(12)8-18)20-5-3-19(4-6-20)9-13(15,16)17/h1-2,7H,3-6,9H2. The lowest BCUT2D eigenvalue weighted by molar-refractivity contribution is -0.146. The zero-order chi connectivity index (χ0) is 14.8. The first-order chi connectivity index (χ1) is 9.39. The van der Waals surface area contributed by atoms with Crippen molar-refractivity contribution < 1.29 is 13.2 Å². The van der Waals surface area contributed by atoms with Gasteiger partial charge in [-0.2, -0.15) is 18.4 Å². The van der Waals surface area contributed by atoms with Crippen LogP contribution in [0.25, 0.3) is 0 Å². The highest BCUT2D eigenvalue weighted by atomic mass is 35.5. The maximum absolute atomic E-state index is 12.3. The van der Waals surface area contributed by atoms with Gasteiger partial charge in [-0.15, -0.1) is 0 Å². The summed E-state index contributed by atoms with van der Waals surface area (Å²) < 4.78 is 36.9. The quantitative estimate of drug-likeness (QED) is 0.841. The first-order valence-corrected chi connectivity index (χ1v) is 6.50. The Bertz CT molecular complexity index is 517. The number of alkyl halides is 3. The van der Waals surface area contributed by atoms with Crippen LogP contribution in [0.2, 0.25) is 5.02 Å². The summed E-state index contributed by atoms with van der Waals surface area (Å²) in [6.07, 6.45) is -4.15. The first kappa shape index (κ1) is 14.9. The molecule has 1 aliphatic rings. The van der Waals surface area contributed by atoms with E-state index in [2.05, 4.69) is 0 Å². The number of rotatable bonds is 2. The summed E-state index contributed by atoms with van der Waals surface area (Å²) in [6.45, 7) is 0.875. The maximum Gasteiger partial charge on any atom is 0.401 e. The van der Waals surface area contributed by atoms with Crippen LogP contribution >= 0.6 is 11.6 Å². The van der Waals surface area contributed by atoms with E-state index < -0.39 is 12.7 Å². The zero-order valence-electron chi connectivity index (χ0n) is 10.6. The molecule has 0 amide bonds. The predicted octanol–water partition coefficient (Wildman–Crippen LogP) is 2.90. The minimum Gasteiger partial charge on any atom is -0.369 e. The Kier molecular flexibility index (Phi) is 4.41.